The van der Waals surface area contributed by atoms with Crippen LogP contribution >= 0.6 is 0 Å². The van der Waals surface area contributed by atoms with Crippen molar-refractivity contribution in [2.24, 2.45) is 0 Å². The van der Waals surface area contributed by atoms with Crippen LogP contribution < -0.4 is 5.63 Å². The summed E-state index contributed by atoms with van der Waals surface area (Å²) < 4.78 is 4.97. The van der Waals surface area contributed by atoms with Crippen LogP contribution in [0, 0.1) is 6.92 Å². The smallest absolute Gasteiger partial charge is 0.339 e. The third kappa shape index (κ3) is 2.85. The maximum absolute atomic E-state index is 11.0. The van der Waals surface area contributed by atoms with Gasteiger partial charge in [-0.3, -0.25) is 0 Å². The molecule has 0 aliphatic rings. The first-order chi connectivity index (χ1) is 7.06. The molecule has 1 aromatic rings. The molecule has 1 unspecified atom stereocenters. The van der Waals surface area contributed by atoms with Crippen molar-refractivity contribution in [3.63, 3.8) is 0 Å². The van der Waals surface area contributed by atoms with Gasteiger partial charge in [-0.15, -0.1) is 0 Å². The molecule has 84 valence electrons. The van der Waals surface area contributed by atoms with Gasteiger partial charge >= 0.3 is 5.63 Å². The molecule has 0 aromatic carbocycles. The molecule has 0 bridgehead atoms. The molecule has 0 spiro atoms. The van der Waals surface area contributed by atoms with Crippen molar-refractivity contribution in [2.45, 2.75) is 46.0 Å². The molecule has 1 rings (SSSR count). The number of aromatic hydroxyl groups is 1. The van der Waals surface area contributed by atoms with Crippen molar-refractivity contribution in [1.82, 2.24) is 0 Å². The van der Waals surface area contributed by atoms with E-state index in [1.54, 1.807) is 6.92 Å². The van der Waals surface area contributed by atoms with E-state index in [0.29, 0.717) is 5.76 Å². The Bertz CT molecular complexity index is 353. The van der Waals surface area contributed by atoms with Gasteiger partial charge in [0.15, 0.2) is 0 Å². The Labute approximate surface area is 89.7 Å². The minimum Gasteiger partial charge on any atom is -0.507 e. The molecule has 0 aliphatic carbocycles. The zero-order chi connectivity index (χ0) is 11.4. The molecular formula is C12H18O3. The summed E-state index contributed by atoms with van der Waals surface area (Å²) >= 11 is 0. The molecule has 0 aliphatic heterocycles. The lowest BCUT2D eigenvalue weighted by atomic mass is 9.94. The van der Waals surface area contributed by atoms with Gasteiger partial charge in [-0.2, -0.15) is 0 Å². The Morgan fingerprint density at radius 2 is 2.20 bits per heavy atom. The first kappa shape index (κ1) is 11.8. The molecule has 1 atom stereocenters. The van der Waals surface area contributed by atoms with Crippen LogP contribution in [0.15, 0.2) is 15.3 Å². The summed E-state index contributed by atoms with van der Waals surface area (Å²) in [7, 11) is 0. The molecule has 0 radical (unpaired) electrons. The quantitative estimate of drug-likeness (QED) is 0.831. The van der Waals surface area contributed by atoms with Gasteiger partial charge in [-0.1, -0.05) is 26.7 Å². The molecule has 0 saturated carbocycles. The maximum Gasteiger partial charge on any atom is 0.339 e. The minimum absolute atomic E-state index is 0.0624. The molecule has 3 nitrogen and oxygen atoms in total. The first-order valence-corrected chi connectivity index (χ1v) is 5.39. The lowest BCUT2D eigenvalue weighted by molar-refractivity contribution is 0.411. The van der Waals surface area contributed by atoms with Gasteiger partial charge in [-0.25, -0.2) is 4.79 Å². The maximum atomic E-state index is 11.0. The highest BCUT2D eigenvalue weighted by Crippen LogP contribution is 2.30. The van der Waals surface area contributed by atoms with Gasteiger partial charge in [0.05, 0.1) is 6.07 Å². The Morgan fingerprint density at radius 3 is 2.73 bits per heavy atom. The summed E-state index contributed by atoms with van der Waals surface area (Å²) in [5.41, 5.74) is 0.277. The van der Waals surface area contributed by atoms with Crippen molar-refractivity contribution in [3.05, 3.63) is 27.8 Å². The van der Waals surface area contributed by atoms with E-state index in [1.165, 1.54) is 0 Å². The van der Waals surface area contributed by atoms with Crippen LogP contribution in [-0.2, 0) is 0 Å². The predicted molar refractivity (Wildman–Crippen MR) is 59.3 cm³/mol. The average Bonchev–Trinajstić information content (AvgIpc) is 2.12. The van der Waals surface area contributed by atoms with E-state index in [9.17, 15) is 9.90 Å². The van der Waals surface area contributed by atoms with E-state index in [4.69, 9.17) is 4.42 Å². The van der Waals surface area contributed by atoms with Crippen molar-refractivity contribution < 1.29 is 9.52 Å². The zero-order valence-electron chi connectivity index (χ0n) is 9.54. The van der Waals surface area contributed by atoms with Crippen LogP contribution in [0.2, 0.25) is 0 Å². The van der Waals surface area contributed by atoms with Crippen LogP contribution in [0.1, 0.15) is 50.4 Å². The summed E-state index contributed by atoms with van der Waals surface area (Å²) in [6, 6.07) is 1.14. The van der Waals surface area contributed by atoms with E-state index in [1.807, 2.05) is 6.92 Å². The van der Waals surface area contributed by atoms with Gasteiger partial charge < -0.3 is 9.52 Å². The van der Waals surface area contributed by atoms with Gasteiger partial charge in [0.25, 0.3) is 0 Å². The van der Waals surface area contributed by atoms with Crippen molar-refractivity contribution in [2.75, 3.05) is 0 Å². The molecule has 0 fully saturated rings. The number of aryl methyl sites for hydroxylation is 1. The fourth-order valence-electron chi connectivity index (χ4n) is 1.86. The molecule has 0 saturated heterocycles. The average molecular weight is 210 g/mol. The minimum atomic E-state index is -0.489. The summed E-state index contributed by atoms with van der Waals surface area (Å²) in [5.74, 6) is 0.824. The first-order valence-electron chi connectivity index (χ1n) is 5.39. The Morgan fingerprint density at radius 1 is 1.53 bits per heavy atom. The normalized spacial score (nSPS) is 12.7. The summed E-state index contributed by atoms with van der Waals surface area (Å²) in [6.45, 7) is 5.89. The lowest BCUT2D eigenvalue weighted by Gasteiger charge is -2.14. The molecule has 1 N–H and O–H groups in total. The van der Waals surface area contributed by atoms with E-state index >= 15 is 0 Å². The predicted octanol–water partition coefficient (Wildman–Crippen LogP) is 2.95. The molecule has 15 heavy (non-hydrogen) atoms. The van der Waals surface area contributed by atoms with Crippen LogP contribution in [0.25, 0.3) is 0 Å². The largest absolute Gasteiger partial charge is 0.507 e. The lowest BCUT2D eigenvalue weighted by Crippen LogP contribution is -2.04. The highest BCUT2D eigenvalue weighted by molar-refractivity contribution is 5.35. The zero-order valence-corrected chi connectivity index (χ0v) is 9.54. The summed E-state index contributed by atoms with van der Waals surface area (Å²) in [5, 5.41) is 9.68. The third-order valence-electron chi connectivity index (χ3n) is 2.65. The second-order valence-electron chi connectivity index (χ2n) is 3.96. The highest BCUT2D eigenvalue weighted by Gasteiger charge is 2.15. The van der Waals surface area contributed by atoms with Crippen molar-refractivity contribution in [3.8, 4) is 5.75 Å². The fourth-order valence-corrected chi connectivity index (χ4v) is 1.86. The molecular weight excluding hydrogens is 192 g/mol. The highest BCUT2D eigenvalue weighted by atomic mass is 16.4. The van der Waals surface area contributed by atoms with E-state index < -0.39 is 5.63 Å². The van der Waals surface area contributed by atoms with Crippen LogP contribution in [0.5, 0.6) is 5.75 Å². The Kier molecular flexibility index (Phi) is 3.95. The SMILES string of the molecule is CCCCC(C)c1c(O)cc(=O)oc1C. The van der Waals surface area contributed by atoms with Gasteiger partial charge in [0, 0.05) is 5.56 Å². The van der Waals surface area contributed by atoms with E-state index in [-0.39, 0.29) is 11.7 Å². The number of hydrogen-bond donors (Lipinski definition) is 1. The van der Waals surface area contributed by atoms with Crippen molar-refractivity contribution in [1.29, 1.82) is 0 Å². The number of rotatable bonds is 4. The Balaban J connectivity index is 2.98. The van der Waals surface area contributed by atoms with Gasteiger partial charge in [-0.05, 0) is 19.3 Å². The standard InChI is InChI=1S/C12H18O3/c1-4-5-6-8(2)12-9(3)15-11(14)7-10(12)13/h7-8,13H,4-6H2,1-3H3. The second kappa shape index (κ2) is 5.01. The van der Waals surface area contributed by atoms with Crippen LogP contribution in [0.4, 0.5) is 0 Å². The molecule has 1 aromatic heterocycles. The number of unbranched alkanes of at least 4 members (excludes halogenated alkanes) is 1. The Hall–Kier alpha value is -1.25. The molecule has 3 heteroatoms. The molecule has 1 heterocycles. The van der Waals surface area contributed by atoms with Crippen LogP contribution in [-0.4, -0.2) is 5.11 Å². The fraction of sp³-hybridized carbons (Fsp3) is 0.583. The van der Waals surface area contributed by atoms with Crippen LogP contribution in [0.3, 0.4) is 0 Å². The van der Waals surface area contributed by atoms with Crippen molar-refractivity contribution >= 4 is 0 Å². The third-order valence-corrected chi connectivity index (χ3v) is 2.65. The van der Waals surface area contributed by atoms with E-state index in [0.717, 1.165) is 30.9 Å². The summed E-state index contributed by atoms with van der Waals surface area (Å²) in [6.07, 6.45) is 3.23. The van der Waals surface area contributed by atoms with Gasteiger partial charge in [0.2, 0.25) is 0 Å². The second-order valence-corrected chi connectivity index (χ2v) is 3.96. The monoisotopic (exact) mass is 210 g/mol. The summed E-state index contributed by atoms with van der Waals surface area (Å²) in [4.78, 5) is 11.0. The van der Waals surface area contributed by atoms with Gasteiger partial charge in [0.1, 0.15) is 11.5 Å². The molecule has 0 amide bonds. The number of hydrogen-bond acceptors (Lipinski definition) is 3. The topological polar surface area (TPSA) is 50.4 Å². The van der Waals surface area contributed by atoms with E-state index in [2.05, 4.69) is 6.92 Å².